The Bertz CT molecular complexity index is 2520. The topological polar surface area (TPSA) is 140 Å². The molecule has 0 aliphatic carbocycles. The average molecular weight is 908 g/mol. The Kier molecular flexibility index (Phi) is 15.4. The number of nitrogens with zero attached hydrogens (tertiary/aromatic N) is 2. The summed E-state index contributed by atoms with van der Waals surface area (Å²) in [5.41, 5.74) is 7.17. The van der Waals surface area contributed by atoms with Gasteiger partial charge in [0.2, 0.25) is 0 Å². The molecule has 0 radical (unpaired) electrons. The highest BCUT2D eigenvalue weighted by Crippen LogP contribution is 2.37. The van der Waals surface area contributed by atoms with Gasteiger partial charge in [-0.1, -0.05) is 80.0 Å². The van der Waals surface area contributed by atoms with Crippen LogP contribution in [0.1, 0.15) is 94.6 Å². The van der Waals surface area contributed by atoms with Gasteiger partial charge in [-0.15, -0.1) is 0 Å². The zero-order valence-corrected chi connectivity index (χ0v) is 38.0. The van der Waals surface area contributed by atoms with E-state index in [4.69, 9.17) is 18.3 Å². The largest absolute Gasteiger partial charge is 0.492 e. The SMILES string of the molecule is CC.CCc1c(C)c2ccc(OCCBr)c(C(=O)N3CCCc4ccccc43)c2oc1=O.CCc1c(C)c2ccc(OCCO)c(C(=O)N3CCCc4ccccc43)c2oc1=O. The maximum Gasteiger partial charge on any atom is 0.339 e. The van der Waals surface area contributed by atoms with Gasteiger partial charge in [0.05, 0.1) is 13.2 Å². The summed E-state index contributed by atoms with van der Waals surface area (Å²) in [6.07, 6.45) is 4.72. The van der Waals surface area contributed by atoms with Crippen LogP contribution >= 0.6 is 15.9 Å². The number of benzene rings is 4. The van der Waals surface area contributed by atoms with Crippen molar-refractivity contribution in [3.05, 3.63) is 138 Å². The second kappa shape index (κ2) is 20.9. The third kappa shape index (κ3) is 9.08. The molecule has 11 nitrogen and oxygen atoms in total. The van der Waals surface area contributed by atoms with E-state index in [-0.39, 0.29) is 36.2 Å². The number of rotatable bonds is 10. The van der Waals surface area contributed by atoms with Crippen molar-refractivity contribution in [1.29, 1.82) is 0 Å². The first-order valence-corrected chi connectivity index (χ1v) is 22.7. The number of amides is 2. The van der Waals surface area contributed by atoms with Crippen LogP contribution in [0.4, 0.5) is 11.4 Å². The molecule has 326 valence electrons. The Labute approximate surface area is 370 Å². The molecule has 0 fully saturated rings. The zero-order valence-electron chi connectivity index (χ0n) is 36.4. The number of fused-ring (bicyclic) bond motifs is 4. The molecule has 8 rings (SSSR count). The quantitative estimate of drug-likeness (QED) is 0.105. The highest BCUT2D eigenvalue weighted by atomic mass is 79.9. The number of carbonyl (C=O) groups excluding carboxylic acids is 2. The first-order valence-electron chi connectivity index (χ1n) is 21.5. The molecule has 4 heterocycles. The molecule has 0 bridgehead atoms. The Hall–Kier alpha value is -5.72. The molecule has 0 unspecified atom stereocenters. The highest BCUT2D eigenvalue weighted by Gasteiger charge is 2.31. The van der Waals surface area contributed by atoms with Crippen LogP contribution in [0.5, 0.6) is 11.5 Å². The molecular weight excluding hydrogens is 852 g/mol. The molecule has 2 amide bonds. The molecule has 0 saturated carbocycles. The molecule has 2 aliphatic heterocycles. The van der Waals surface area contributed by atoms with Gasteiger partial charge in [0.25, 0.3) is 11.8 Å². The molecule has 0 spiro atoms. The second-order valence-electron chi connectivity index (χ2n) is 14.8. The third-order valence-electron chi connectivity index (χ3n) is 11.4. The summed E-state index contributed by atoms with van der Waals surface area (Å²) in [6.45, 7) is 13.0. The van der Waals surface area contributed by atoms with Crippen LogP contribution in [0, 0.1) is 13.8 Å². The molecule has 12 heteroatoms. The van der Waals surface area contributed by atoms with Crippen LogP contribution < -0.4 is 30.5 Å². The third-order valence-corrected chi connectivity index (χ3v) is 11.7. The summed E-state index contributed by atoms with van der Waals surface area (Å²) in [7, 11) is 0. The lowest BCUT2D eigenvalue weighted by atomic mass is 9.98. The number of ether oxygens (including phenoxy) is 2. The van der Waals surface area contributed by atoms with Gasteiger partial charge in [-0.05, 0) is 111 Å². The van der Waals surface area contributed by atoms with Crippen molar-refractivity contribution >= 4 is 61.1 Å². The van der Waals surface area contributed by atoms with Crippen molar-refractivity contribution in [3.8, 4) is 11.5 Å². The summed E-state index contributed by atoms with van der Waals surface area (Å²) in [5.74, 6) is 0.259. The fourth-order valence-electron chi connectivity index (χ4n) is 8.40. The number of aliphatic hydroxyl groups excluding tert-OH is 1. The van der Waals surface area contributed by atoms with Gasteiger partial charge in [0.1, 0.15) is 29.2 Å². The van der Waals surface area contributed by atoms with Gasteiger partial charge in [-0.3, -0.25) is 9.59 Å². The maximum absolute atomic E-state index is 13.8. The van der Waals surface area contributed by atoms with Crippen LogP contribution in [-0.4, -0.2) is 55.2 Å². The van der Waals surface area contributed by atoms with Crippen LogP contribution in [0.2, 0.25) is 0 Å². The Morgan fingerprint density at radius 2 is 1.08 bits per heavy atom. The van der Waals surface area contributed by atoms with E-state index in [0.29, 0.717) is 71.6 Å². The smallest absolute Gasteiger partial charge is 0.339 e. The summed E-state index contributed by atoms with van der Waals surface area (Å²) in [5, 5.41) is 11.3. The zero-order chi connectivity index (χ0) is 44.5. The van der Waals surface area contributed by atoms with Crippen molar-refractivity contribution in [2.45, 2.75) is 80.1 Å². The summed E-state index contributed by atoms with van der Waals surface area (Å²) >= 11 is 3.36. The van der Waals surface area contributed by atoms with E-state index in [1.54, 1.807) is 28.0 Å². The number of halogens is 1. The minimum atomic E-state index is -0.435. The minimum Gasteiger partial charge on any atom is -0.492 e. The van der Waals surface area contributed by atoms with Crippen LogP contribution in [0.15, 0.2) is 91.2 Å². The normalized spacial score (nSPS) is 13.0. The molecule has 2 aliphatic rings. The van der Waals surface area contributed by atoms with E-state index >= 15 is 0 Å². The monoisotopic (exact) mass is 906 g/mol. The highest BCUT2D eigenvalue weighted by molar-refractivity contribution is 9.09. The summed E-state index contributed by atoms with van der Waals surface area (Å²) in [6, 6.07) is 23.0. The van der Waals surface area contributed by atoms with Crippen molar-refractivity contribution in [3.63, 3.8) is 0 Å². The van der Waals surface area contributed by atoms with Gasteiger partial charge in [0, 0.05) is 51.7 Å². The fourth-order valence-corrected chi connectivity index (χ4v) is 8.56. The molecule has 4 aromatic carbocycles. The number of aliphatic hydroxyl groups is 1. The lowest BCUT2D eigenvalue weighted by Crippen LogP contribution is -2.36. The van der Waals surface area contributed by atoms with E-state index in [2.05, 4.69) is 22.0 Å². The van der Waals surface area contributed by atoms with E-state index in [9.17, 15) is 24.3 Å². The van der Waals surface area contributed by atoms with Gasteiger partial charge < -0.3 is 33.2 Å². The van der Waals surface area contributed by atoms with Crippen molar-refractivity contribution < 1.29 is 33.0 Å². The first kappa shape index (κ1) is 45.8. The van der Waals surface area contributed by atoms with E-state index in [0.717, 1.165) is 70.1 Å². The predicted molar refractivity (Wildman–Crippen MR) is 249 cm³/mol. The number of hydrogen-bond donors (Lipinski definition) is 1. The van der Waals surface area contributed by atoms with Crippen LogP contribution in [0.25, 0.3) is 21.9 Å². The number of anilines is 2. The number of alkyl halides is 1. The van der Waals surface area contributed by atoms with E-state index < -0.39 is 11.3 Å². The van der Waals surface area contributed by atoms with Crippen LogP contribution in [0.3, 0.4) is 0 Å². The molecule has 0 atom stereocenters. The Balaban J connectivity index is 0.000000199. The van der Waals surface area contributed by atoms with E-state index in [1.165, 1.54) is 0 Å². The summed E-state index contributed by atoms with van der Waals surface area (Å²) in [4.78, 5) is 56.3. The molecule has 0 saturated heterocycles. The lowest BCUT2D eigenvalue weighted by molar-refractivity contribution is 0.0972. The molecule has 62 heavy (non-hydrogen) atoms. The first-order chi connectivity index (χ1) is 30.1. The molecule has 6 aromatic rings. The van der Waals surface area contributed by atoms with Gasteiger partial charge in [0.15, 0.2) is 11.2 Å². The lowest BCUT2D eigenvalue weighted by Gasteiger charge is -2.30. The van der Waals surface area contributed by atoms with Gasteiger partial charge in [-0.2, -0.15) is 0 Å². The Morgan fingerprint density at radius 1 is 0.661 bits per heavy atom. The van der Waals surface area contributed by atoms with Crippen molar-refractivity contribution in [1.82, 2.24) is 0 Å². The number of aryl methyl sites for hydroxylation is 4. The van der Waals surface area contributed by atoms with Gasteiger partial charge >= 0.3 is 11.3 Å². The summed E-state index contributed by atoms with van der Waals surface area (Å²) < 4.78 is 22.9. The number of para-hydroxylation sites is 2. The maximum atomic E-state index is 13.8. The standard InChI is InChI=1S/C24H24BrNO4.C24H25NO5.C2H6/c1-3-17-15(2)18-10-11-20(29-14-12-25)21(22(18)30-24(17)28)23(27)26-13-6-8-16-7-4-5-9-19(16)26;1-3-17-15(2)18-10-11-20(29-14-13-26)21(22(18)30-24(17)28)23(27)25-12-6-8-16-7-4-5-9-19(16)25;1-2/h4-5,7,9-11H,3,6,8,12-14H2,1-2H3;4-5,7,9-11,26H,3,6,8,12-14H2,1-2H3;1-2H3. The van der Waals surface area contributed by atoms with Crippen LogP contribution in [-0.2, 0) is 25.7 Å². The van der Waals surface area contributed by atoms with Gasteiger partial charge in [-0.25, -0.2) is 9.59 Å². The molecular formula is C50H55BrN2O9. The second-order valence-corrected chi connectivity index (χ2v) is 15.6. The fraction of sp³-hybridized carbons (Fsp3) is 0.360. The number of carbonyl (C=O) groups is 2. The molecule has 1 N–H and O–H groups in total. The minimum absolute atomic E-state index is 0.0403. The van der Waals surface area contributed by atoms with Crippen molar-refractivity contribution in [2.24, 2.45) is 0 Å². The number of hydrogen-bond acceptors (Lipinski definition) is 9. The van der Waals surface area contributed by atoms with Crippen molar-refractivity contribution in [2.75, 3.05) is 48.0 Å². The van der Waals surface area contributed by atoms with E-state index in [1.807, 2.05) is 90.1 Å². The average Bonchev–Trinajstić information content (AvgIpc) is 3.30. The predicted octanol–water partition coefficient (Wildman–Crippen LogP) is 9.68. The Morgan fingerprint density at radius 3 is 1.48 bits per heavy atom. The molecule has 2 aromatic heterocycles.